The van der Waals surface area contributed by atoms with Gasteiger partial charge in [0, 0.05) is 25.5 Å². The van der Waals surface area contributed by atoms with Crippen LogP contribution in [0.1, 0.15) is 42.0 Å². The monoisotopic (exact) mass is 415 g/mol. The maximum absolute atomic E-state index is 13.2. The lowest BCUT2D eigenvalue weighted by Crippen LogP contribution is -2.48. The Balaban J connectivity index is 0.00000240. The van der Waals surface area contributed by atoms with Crippen molar-refractivity contribution in [2.45, 2.75) is 44.2 Å². The molecule has 2 atom stereocenters. The molecule has 1 aromatic heterocycles. The summed E-state index contributed by atoms with van der Waals surface area (Å²) in [6.07, 6.45) is 8.47. The van der Waals surface area contributed by atoms with Crippen LogP contribution >= 0.6 is 12.4 Å². The Kier molecular flexibility index (Phi) is 7.14. The minimum atomic E-state index is 0. The van der Waals surface area contributed by atoms with Crippen molar-refractivity contribution < 1.29 is 9.53 Å². The van der Waals surface area contributed by atoms with Crippen molar-refractivity contribution in [3.63, 3.8) is 0 Å². The number of ether oxygens (including phenoxy) is 1. The van der Waals surface area contributed by atoms with E-state index in [0.717, 1.165) is 37.2 Å². The lowest BCUT2D eigenvalue weighted by atomic mass is 9.81. The second-order valence-corrected chi connectivity index (χ2v) is 7.86. The van der Waals surface area contributed by atoms with Gasteiger partial charge >= 0.3 is 0 Å². The molecule has 5 nitrogen and oxygen atoms in total. The van der Waals surface area contributed by atoms with Gasteiger partial charge in [-0.25, -0.2) is 0 Å². The maximum atomic E-state index is 13.2. The van der Waals surface area contributed by atoms with Crippen LogP contribution in [0.2, 0.25) is 0 Å². The molecular weight excluding hydrogens is 386 g/mol. The number of carbonyl (C=O) groups is 1. The van der Waals surface area contributed by atoms with Crippen LogP contribution in [-0.4, -0.2) is 54.0 Å². The highest BCUT2D eigenvalue weighted by Crippen LogP contribution is 2.41. The number of nitrogens with zero attached hydrogens (tertiary/aromatic N) is 3. The van der Waals surface area contributed by atoms with Crippen LogP contribution in [0.4, 0.5) is 0 Å². The molecule has 6 heteroatoms. The highest BCUT2D eigenvalue weighted by molar-refractivity contribution is 5.85. The first kappa shape index (κ1) is 21.6. The minimum absolute atomic E-state index is 0. The average Bonchev–Trinajstić information content (AvgIpc) is 3.27. The van der Waals surface area contributed by atoms with Crippen LogP contribution in [0.3, 0.4) is 0 Å². The molecule has 1 amide bonds. The number of likely N-dealkylation sites (tertiary alicyclic amines) is 1. The van der Waals surface area contributed by atoms with E-state index < -0.39 is 0 Å². The number of amides is 1. The van der Waals surface area contributed by atoms with Gasteiger partial charge in [0.05, 0.1) is 19.6 Å². The van der Waals surface area contributed by atoms with Gasteiger partial charge in [-0.15, -0.1) is 12.4 Å². The number of pyridine rings is 1. The van der Waals surface area contributed by atoms with Gasteiger partial charge in [0.2, 0.25) is 5.91 Å². The first-order chi connectivity index (χ1) is 13.7. The van der Waals surface area contributed by atoms with Crippen LogP contribution < -0.4 is 4.74 Å². The summed E-state index contributed by atoms with van der Waals surface area (Å²) in [7, 11) is 3.70. The van der Waals surface area contributed by atoms with Crippen molar-refractivity contribution >= 4 is 18.3 Å². The largest absolute Gasteiger partial charge is 0.496 e. The number of benzene rings is 1. The summed E-state index contributed by atoms with van der Waals surface area (Å²) in [6.45, 7) is 2.26. The molecule has 0 bridgehead atoms. The standard InChI is InChI=1S/C23H29N3O2.ClH/c1-25(22(27)16-17-10-12-24-13-11-17)23-19-6-5-7-21(28-2)18(19)8-9-20(23)26-14-3-4-15-26;/h5-7,10-13,20,23H,3-4,8-9,14-16H2,1-2H3;1H/t20-,23-;/m0./s1. The van der Waals surface area contributed by atoms with Crippen molar-refractivity contribution in [3.8, 4) is 5.75 Å². The molecule has 29 heavy (non-hydrogen) atoms. The molecule has 1 aromatic carbocycles. The Hall–Kier alpha value is -2.11. The van der Waals surface area contributed by atoms with E-state index in [4.69, 9.17) is 4.74 Å². The van der Waals surface area contributed by atoms with Crippen LogP contribution in [0.5, 0.6) is 5.75 Å². The quantitative estimate of drug-likeness (QED) is 0.747. The smallest absolute Gasteiger partial charge is 0.227 e. The number of fused-ring (bicyclic) bond motifs is 1. The number of likely N-dealkylation sites (N-methyl/N-ethyl adjacent to an activating group) is 1. The Labute approximate surface area is 179 Å². The van der Waals surface area contributed by atoms with E-state index in [1.807, 2.05) is 30.1 Å². The third-order valence-corrected chi connectivity index (χ3v) is 6.29. The normalized spacial score (nSPS) is 21.2. The Morgan fingerprint density at radius 3 is 2.62 bits per heavy atom. The second kappa shape index (κ2) is 9.59. The molecular formula is C23H30ClN3O2. The summed E-state index contributed by atoms with van der Waals surface area (Å²) in [5.41, 5.74) is 3.51. The van der Waals surface area contributed by atoms with E-state index in [0.29, 0.717) is 12.5 Å². The number of aromatic nitrogens is 1. The first-order valence-electron chi connectivity index (χ1n) is 10.2. The fourth-order valence-corrected chi connectivity index (χ4v) is 4.85. The predicted molar refractivity (Wildman–Crippen MR) is 117 cm³/mol. The molecule has 0 N–H and O–H groups in total. The van der Waals surface area contributed by atoms with Gasteiger partial charge in [-0.2, -0.15) is 0 Å². The first-order valence-corrected chi connectivity index (χ1v) is 10.2. The van der Waals surface area contributed by atoms with Crippen molar-refractivity contribution in [2.75, 3.05) is 27.2 Å². The number of halogens is 1. The van der Waals surface area contributed by atoms with Crippen LogP contribution in [0, 0.1) is 0 Å². The topological polar surface area (TPSA) is 45.7 Å². The summed E-state index contributed by atoms with van der Waals surface area (Å²) in [5, 5.41) is 0. The molecule has 2 aromatic rings. The van der Waals surface area contributed by atoms with E-state index in [1.54, 1.807) is 19.5 Å². The highest BCUT2D eigenvalue weighted by Gasteiger charge is 2.39. The fraction of sp³-hybridized carbons (Fsp3) is 0.478. The number of methoxy groups -OCH3 is 1. The molecule has 0 radical (unpaired) electrons. The molecule has 0 saturated carbocycles. The molecule has 0 spiro atoms. The summed E-state index contributed by atoms with van der Waals surface area (Å²) in [6, 6.07) is 10.5. The molecule has 1 saturated heterocycles. The molecule has 156 valence electrons. The summed E-state index contributed by atoms with van der Waals surface area (Å²) < 4.78 is 5.63. The highest BCUT2D eigenvalue weighted by atomic mass is 35.5. The van der Waals surface area contributed by atoms with Gasteiger partial charge in [0.25, 0.3) is 0 Å². The molecule has 2 heterocycles. The molecule has 1 fully saturated rings. The number of carbonyl (C=O) groups excluding carboxylic acids is 1. The van der Waals surface area contributed by atoms with Crippen LogP contribution in [-0.2, 0) is 17.6 Å². The van der Waals surface area contributed by atoms with Crippen LogP contribution in [0.25, 0.3) is 0 Å². The lowest BCUT2D eigenvalue weighted by molar-refractivity contribution is -0.133. The second-order valence-electron chi connectivity index (χ2n) is 7.86. The van der Waals surface area contributed by atoms with Crippen molar-refractivity contribution in [1.82, 2.24) is 14.8 Å². The maximum Gasteiger partial charge on any atom is 0.227 e. The van der Waals surface area contributed by atoms with Crippen molar-refractivity contribution in [2.24, 2.45) is 0 Å². The van der Waals surface area contributed by atoms with Crippen molar-refractivity contribution in [3.05, 3.63) is 59.4 Å². The molecule has 0 unspecified atom stereocenters. The average molecular weight is 416 g/mol. The number of rotatable bonds is 5. The van der Waals surface area contributed by atoms with Gasteiger partial charge in [0.15, 0.2) is 0 Å². The minimum Gasteiger partial charge on any atom is -0.496 e. The van der Waals surface area contributed by atoms with Crippen molar-refractivity contribution in [1.29, 1.82) is 0 Å². The zero-order valence-electron chi connectivity index (χ0n) is 17.2. The van der Waals surface area contributed by atoms with E-state index in [-0.39, 0.29) is 24.4 Å². The van der Waals surface area contributed by atoms with E-state index in [1.165, 1.54) is 24.0 Å². The molecule has 4 rings (SSSR count). The lowest BCUT2D eigenvalue weighted by Gasteiger charge is -2.44. The molecule has 1 aliphatic heterocycles. The van der Waals surface area contributed by atoms with Gasteiger partial charge in [-0.3, -0.25) is 14.7 Å². The third-order valence-electron chi connectivity index (χ3n) is 6.29. The summed E-state index contributed by atoms with van der Waals surface area (Å²) in [5.74, 6) is 1.09. The van der Waals surface area contributed by atoms with E-state index in [9.17, 15) is 4.79 Å². The van der Waals surface area contributed by atoms with Gasteiger partial charge in [-0.1, -0.05) is 12.1 Å². The third kappa shape index (κ3) is 4.41. The Morgan fingerprint density at radius 2 is 1.93 bits per heavy atom. The SMILES string of the molecule is COc1cccc2c1CC[C@H](N1CCCC1)[C@H]2N(C)C(=O)Cc1ccncc1.Cl. The zero-order valence-corrected chi connectivity index (χ0v) is 18.0. The Bertz CT molecular complexity index is 824. The molecule has 2 aliphatic rings. The van der Waals surface area contributed by atoms with E-state index >= 15 is 0 Å². The van der Waals surface area contributed by atoms with Crippen LogP contribution in [0.15, 0.2) is 42.7 Å². The van der Waals surface area contributed by atoms with E-state index in [2.05, 4.69) is 22.0 Å². The number of hydrogen-bond acceptors (Lipinski definition) is 4. The summed E-state index contributed by atoms with van der Waals surface area (Å²) >= 11 is 0. The fourth-order valence-electron chi connectivity index (χ4n) is 4.85. The molecule has 1 aliphatic carbocycles. The summed E-state index contributed by atoms with van der Waals surface area (Å²) in [4.78, 5) is 21.8. The zero-order chi connectivity index (χ0) is 19.5. The van der Waals surface area contributed by atoms with Gasteiger partial charge in [0.1, 0.15) is 5.75 Å². The van der Waals surface area contributed by atoms with Gasteiger partial charge in [-0.05, 0) is 73.7 Å². The van der Waals surface area contributed by atoms with Gasteiger partial charge < -0.3 is 9.64 Å². The predicted octanol–water partition coefficient (Wildman–Crippen LogP) is 3.66. The number of hydrogen-bond donors (Lipinski definition) is 0. The Morgan fingerprint density at radius 1 is 1.21 bits per heavy atom.